The maximum Gasteiger partial charge on any atom is 0.162 e. The smallest absolute Gasteiger partial charge is 0.162 e. The first kappa shape index (κ1) is 16.4. The topological polar surface area (TPSA) is 64.8 Å². The highest BCUT2D eigenvalue weighted by Crippen LogP contribution is 2.16. The van der Waals surface area contributed by atoms with Gasteiger partial charge in [0.05, 0.1) is 25.9 Å². The highest BCUT2D eigenvalue weighted by Gasteiger charge is 2.18. The molecule has 0 aromatic heterocycles. The summed E-state index contributed by atoms with van der Waals surface area (Å²) in [6.07, 6.45) is 5.55. The quantitative estimate of drug-likeness (QED) is 0.707. The normalized spacial score (nSPS) is 23.9. The van der Waals surface area contributed by atoms with Crippen LogP contribution in [0.15, 0.2) is 23.3 Å². The number of allylic oxidation sites excluding steroid dienone is 3. The number of hydrogen-bond donors (Lipinski definition) is 1. The van der Waals surface area contributed by atoms with Gasteiger partial charge in [-0.15, -0.1) is 0 Å². The molecule has 0 saturated carbocycles. The van der Waals surface area contributed by atoms with Gasteiger partial charge in [0, 0.05) is 32.6 Å². The van der Waals surface area contributed by atoms with Crippen molar-refractivity contribution in [2.75, 3.05) is 46.0 Å². The highest BCUT2D eigenvalue weighted by atomic mass is 16.5. The molecular weight excluding hydrogens is 268 g/mol. The summed E-state index contributed by atoms with van der Waals surface area (Å²) in [6, 6.07) is 0. The second kappa shape index (κ2) is 8.44. The zero-order valence-electron chi connectivity index (χ0n) is 12.8. The van der Waals surface area contributed by atoms with Gasteiger partial charge >= 0.3 is 0 Å². The molecular formula is C16H26N2O3. The van der Waals surface area contributed by atoms with Crippen molar-refractivity contribution < 1.29 is 14.3 Å². The average Bonchev–Trinajstić information content (AvgIpc) is 2.50. The molecule has 0 spiro atoms. The van der Waals surface area contributed by atoms with E-state index in [1.54, 1.807) is 0 Å². The van der Waals surface area contributed by atoms with Crippen molar-refractivity contribution in [2.24, 2.45) is 5.73 Å². The lowest BCUT2D eigenvalue weighted by molar-refractivity contribution is -0.114. The van der Waals surface area contributed by atoms with Gasteiger partial charge in [0.1, 0.15) is 0 Å². The SMILES string of the molecule is CC1=CC(CCOCCN2CCO[C@@H](CN)C2)=CCC1=O. The monoisotopic (exact) mass is 294 g/mol. The van der Waals surface area contributed by atoms with Gasteiger partial charge < -0.3 is 15.2 Å². The molecule has 2 aliphatic rings. The Morgan fingerprint density at radius 1 is 1.48 bits per heavy atom. The molecule has 2 rings (SSSR count). The van der Waals surface area contributed by atoms with E-state index in [1.807, 2.05) is 19.1 Å². The van der Waals surface area contributed by atoms with Crippen molar-refractivity contribution in [1.82, 2.24) is 4.90 Å². The summed E-state index contributed by atoms with van der Waals surface area (Å²) in [5, 5.41) is 0. The molecule has 1 aliphatic heterocycles. The van der Waals surface area contributed by atoms with Gasteiger partial charge in [-0.3, -0.25) is 9.69 Å². The van der Waals surface area contributed by atoms with Crippen molar-refractivity contribution in [3.05, 3.63) is 23.3 Å². The fourth-order valence-corrected chi connectivity index (χ4v) is 2.59. The van der Waals surface area contributed by atoms with Gasteiger partial charge in [-0.25, -0.2) is 0 Å². The van der Waals surface area contributed by atoms with Crippen LogP contribution in [-0.2, 0) is 14.3 Å². The van der Waals surface area contributed by atoms with Gasteiger partial charge in [-0.05, 0) is 24.5 Å². The number of carbonyl (C=O) groups is 1. The summed E-state index contributed by atoms with van der Waals surface area (Å²) < 4.78 is 11.2. The molecule has 5 heteroatoms. The van der Waals surface area contributed by atoms with E-state index >= 15 is 0 Å². The van der Waals surface area contributed by atoms with Crippen molar-refractivity contribution in [3.8, 4) is 0 Å². The molecule has 0 aromatic carbocycles. The van der Waals surface area contributed by atoms with Crippen LogP contribution in [0, 0.1) is 0 Å². The Labute approximate surface area is 126 Å². The summed E-state index contributed by atoms with van der Waals surface area (Å²) in [6.45, 7) is 7.42. The van der Waals surface area contributed by atoms with E-state index in [-0.39, 0.29) is 11.9 Å². The predicted octanol–water partition coefficient (Wildman–Crippen LogP) is 0.898. The van der Waals surface area contributed by atoms with Gasteiger partial charge in [0.2, 0.25) is 0 Å². The molecule has 1 heterocycles. The molecule has 1 fully saturated rings. The van der Waals surface area contributed by atoms with Crippen LogP contribution in [0.5, 0.6) is 0 Å². The first-order chi connectivity index (χ1) is 10.2. The number of hydrogen-bond acceptors (Lipinski definition) is 5. The summed E-state index contributed by atoms with van der Waals surface area (Å²) in [7, 11) is 0. The summed E-state index contributed by atoms with van der Waals surface area (Å²) >= 11 is 0. The number of morpholine rings is 1. The first-order valence-electron chi connectivity index (χ1n) is 7.71. The molecule has 1 saturated heterocycles. The van der Waals surface area contributed by atoms with E-state index in [0.29, 0.717) is 19.6 Å². The third-order valence-electron chi connectivity index (χ3n) is 3.96. The third-order valence-corrected chi connectivity index (χ3v) is 3.96. The number of rotatable bonds is 7. The second-order valence-electron chi connectivity index (χ2n) is 5.63. The second-order valence-corrected chi connectivity index (χ2v) is 5.63. The van der Waals surface area contributed by atoms with E-state index in [4.69, 9.17) is 15.2 Å². The van der Waals surface area contributed by atoms with Crippen LogP contribution in [-0.4, -0.2) is 62.8 Å². The Hall–Kier alpha value is -1.01. The van der Waals surface area contributed by atoms with Crippen LogP contribution in [0.25, 0.3) is 0 Å². The first-order valence-corrected chi connectivity index (χ1v) is 7.71. The van der Waals surface area contributed by atoms with Crippen LogP contribution < -0.4 is 5.73 Å². The number of carbonyl (C=O) groups excluding carboxylic acids is 1. The van der Waals surface area contributed by atoms with Crippen LogP contribution in [0.1, 0.15) is 19.8 Å². The Morgan fingerprint density at radius 3 is 3.10 bits per heavy atom. The van der Waals surface area contributed by atoms with Crippen LogP contribution in [0.4, 0.5) is 0 Å². The van der Waals surface area contributed by atoms with Gasteiger partial charge in [0.25, 0.3) is 0 Å². The van der Waals surface area contributed by atoms with Crippen LogP contribution in [0.3, 0.4) is 0 Å². The number of nitrogens with two attached hydrogens (primary N) is 1. The fourth-order valence-electron chi connectivity index (χ4n) is 2.59. The minimum absolute atomic E-state index is 0.164. The number of nitrogens with zero attached hydrogens (tertiary/aromatic N) is 1. The average molecular weight is 294 g/mol. The molecule has 5 nitrogen and oxygen atoms in total. The maximum atomic E-state index is 11.4. The molecule has 1 aliphatic carbocycles. The maximum absolute atomic E-state index is 11.4. The zero-order chi connectivity index (χ0) is 15.1. The minimum atomic E-state index is 0.164. The van der Waals surface area contributed by atoms with Gasteiger partial charge in [0.15, 0.2) is 5.78 Å². The van der Waals surface area contributed by atoms with E-state index < -0.39 is 0 Å². The predicted molar refractivity (Wildman–Crippen MR) is 82.1 cm³/mol. The molecule has 0 unspecified atom stereocenters. The Morgan fingerprint density at radius 2 is 2.33 bits per heavy atom. The van der Waals surface area contributed by atoms with E-state index in [0.717, 1.165) is 44.8 Å². The molecule has 21 heavy (non-hydrogen) atoms. The standard InChI is InChI=1S/C16H26N2O3/c1-13-10-14(2-3-16(13)19)4-7-20-8-5-18-6-9-21-15(11-17)12-18/h2,10,15H,3-9,11-12,17H2,1H3/t15-/m0/s1. The zero-order valence-corrected chi connectivity index (χ0v) is 12.8. The lowest BCUT2D eigenvalue weighted by atomic mass is 9.98. The number of ketones is 1. The minimum Gasteiger partial charge on any atom is -0.380 e. The largest absolute Gasteiger partial charge is 0.380 e. The number of Topliss-reactive ketones (excluding diaryl/α,β-unsaturated/α-hetero) is 1. The molecule has 0 bridgehead atoms. The van der Waals surface area contributed by atoms with E-state index in [1.165, 1.54) is 5.57 Å². The molecule has 0 aromatic rings. The lowest BCUT2D eigenvalue weighted by Gasteiger charge is -2.32. The third kappa shape index (κ3) is 5.36. The molecule has 0 amide bonds. The molecule has 118 valence electrons. The summed E-state index contributed by atoms with van der Waals surface area (Å²) in [4.78, 5) is 13.7. The highest BCUT2D eigenvalue weighted by molar-refractivity contribution is 5.97. The Bertz CT molecular complexity index is 418. The lowest BCUT2D eigenvalue weighted by Crippen LogP contribution is -2.46. The van der Waals surface area contributed by atoms with Crippen LogP contribution >= 0.6 is 0 Å². The van der Waals surface area contributed by atoms with Crippen molar-refractivity contribution >= 4 is 5.78 Å². The van der Waals surface area contributed by atoms with Crippen molar-refractivity contribution in [2.45, 2.75) is 25.9 Å². The molecule has 0 radical (unpaired) electrons. The Kier molecular flexibility index (Phi) is 6.57. The van der Waals surface area contributed by atoms with E-state index in [9.17, 15) is 4.79 Å². The summed E-state index contributed by atoms with van der Waals surface area (Å²) in [5.74, 6) is 0.224. The Balaban J connectivity index is 1.57. The molecule has 2 N–H and O–H groups in total. The van der Waals surface area contributed by atoms with Gasteiger partial charge in [-0.1, -0.05) is 12.2 Å². The fraction of sp³-hybridized carbons (Fsp3) is 0.688. The van der Waals surface area contributed by atoms with Crippen molar-refractivity contribution in [1.29, 1.82) is 0 Å². The van der Waals surface area contributed by atoms with Gasteiger partial charge in [-0.2, -0.15) is 0 Å². The summed E-state index contributed by atoms with van der Waals surface area (Å²) in [5.41, 5.74) is 7.69. The number of ether oxygens (including phenoxy) is 2. The molecule has 1 atom stereocenters. The van der Waals surface area contributed by atoms with E-state index in [2.05, 4.69) is 4.90 Å². The van der Waals surface area contributed by atoms with Crippen molar-refractivity contribution in [3.63, 3.8) is 0 Å². The van der Waals surface area contributed by atoms with Crippen LogP contribution in [0.2, 0.25) is 0 Å².